The van der Waals surface area contributed by atoms with Crippen LogP contribution in [0, 0.1) is 6.92 Å². The van der Waals surface area contributed by atoms with Gasteiger partial charge in [0.05, 0.1) is 15.7 Å². The van der Waals surface area contributed by atoms with Crippen LogP contribution in [-0.2, 0) is 0 Å². The van der Waals surface area contributed by atoms with Gasteiger partial charge >= 0.3 is 5.97 Å². The number of carboxylic acid groups (broad SMARTS) is 1. The van der Waals surface area contributed by atoms with Crippen molar-refractivity contribution in [2.75, 3.05) is 5.32 Å². The van der Waals surface area contributed by atoms with Gasteiger partial charge in [-0.2, -0.15) is 0 Å². The molecule has 2 N–H and O–H groups in total. The van der Waals surface area contributed by atoms with Crippen LogP contribution < -0.4 is 5.32 Å². The third-order valence-electron chi connectivity index (χ3n) is 2.61. The Morgan fingerprint density at radius 2 is 2.10 bits per heavy atom. The van der Waals surface area contributed by atoms with E-state index in [1.54, 1.807) is 12.1 Å². The van der Waals surface area contributed by atoms with Crippen molar-refractivity contribution in [1.29, 1.82) is 0 Å². The number of rotatable bonds is 3. The van der Waals surface area contributed by atoms with Gasteiger partial charge in [-0.15, -0.1) is 0 Å². The molecule has 7 heteroatoms. The van der Waals surface area contributed by atoms with Gasteiger partial charge in [-0.3, -0.25) is 0 Å². The van der Waals surface area contributed by atoms with Gasteiger partial charge in [0, 0.05) is 10.7 Å². The molecule has 104 valence electrons. The Bertz CT molecular complexity index is 692. The molecule has 0 unspecified atom stereocenters. The summed E-state index contributed by atoms with van der Waals surface area (Å²) < 4.78 is 0.571. The lowest BCUT2D eigenvalue weighted by atomic mass is 10.2. The summed E-state index contributed by atoms with van der Waals surface area (Å²) in [6.45, 7) is 1.83. The number of hydrogen-bond donors (Lipinski definition) is 2. The van der Waals surface area contributed by atoms with Crippen LogP contribution in [0.15, 0.2) is 28.9 Å². The van der Waals surface area contributed by atoms with Crippen molar-refractivity contribution < 1.29 is 9.90 Å². The number of aryl methyl sites for hydroxylation is 1. The number of carbonyl (C=O) groups is 1. The smallest absolute Gasteiger partial charge is 0.339 e. The normalized spacial score (nSPS) is 10.4. The minimum absolute atomic E-state index is 0.0213. The molecular weight excluding hydrogens is 367 g/mol. The zero-order chi connectivity index (χ0) is 14.9. The first-order chi connectivity index (χ1) is 9.40. The molecule has 0 saturated carbocycles. The number of aromatic carboxylic acids is 1. The quantitative estimate of drug-likeness (QED) is 0.800. The molecule has 0 fully saturated rings. The van der Waals surface area contributed by atoms with Crippen molar-refractivity contribution in [2.45, 2.75) is 6.92 Å². The van der Waals surface area contributed by atoms with Crippen molar-refractivity contribution in [2.24, 2.45) is 0 Å². The number of halogens is 3. The summed E-state index contributed by atoms with van der Waals surface area (Å²) in [4.78, 5) is 15.3. The maximum atomic E-state index is 11.2. The van der Waals surface area contributed by atoms with Gasteiger partial charge in [0.25, 0.3) is 0 Å². The second kappa shape index (κ2) is 5.99. The van der Waals surface area contributed by atoms with Crippen LogP contribution >= 0.6 is 39.1 Å². The highest BCUT2D eigenvalue weighted by Gasteiger charge is 2.15. The zero-order valence-corrected chi connectivity index (χ0v) is 13.3. The summed E-state index contributed by atoms with van der Waals surface area (Å²) in [6.07, 6.45) is 1.49. The average molecular weight is 376 g/mol. The molecule has 0 aliphatic rings. The van der Waals surface area contributed by atoms with Crippen molar-refractivity contribution in [3.05, 3.63) is 50.0 Å². The Labute approximate surface area is 133 Å². The molecule has 0 amide bonds. The van der Waals surface area contributed by atoms with Crippen molar-refractivity contribution in [3.63, 3.8) is 0 Å². The summed E-state index contributed by atoms with van der Waals surface area (Å²) in [5, 5.41) is 12.9. The lowest BCUT2D eigenvalue weighted by Gasteiger charge is -2.13. The molecule has 4 nitrogen and oxygen atoms in total. The number of benzene rings is 1. The zero-order valence-electron chi connectivity index (χ0n) is 10.2. The molecule has 1 aromatic heterocycles. The van der Waals surface area contributed by atoms with E-state index in [2.05, 4.69) is 26.2 Å². The largest absolute Gasteiger partial charge is 0.478 e. The van der Waals surface area contributed by atoms with Crippen LogP contribution in [0.5, 0.6) is 0 Å². The van der Waals surface area contributed by atoms with Gasteiger partial charge in [0.1, 0.15) is 11.4 Å². The van der Waals surface area contributed by atoms with Crippen LogP contribution in [0.1, 0.15) is 15.9 Å². The first-order valence-corrected chi connectivity index (χ1v) is 7.05. The number of pyridine rings is 1. The molecule has 0 spiro atoms. The first-order valence-electron chi connectivity index (χ1n) is 5.50. The SMILES string of the molecule is Cc1ccc(Cl)c(Nc2ncc(Br)cc2C(=O)O)c1Cl. The number of hydrogen-bond acceptors (Lipinski definition) is 3. The summed E-state index contributed by atoms with van der Waals surface area (Å²) >= 11 is 15.4. The fourth-order valence-electron chi connectivity index (χ4n) is 1.59. The second-order valence-corrected chi connectivity index (χ2v) is 5.73. The van der Waals surface area contributed by atoms with Gasteiger partial charge < -0.3 is 10.4 Å². The van der Waals surface area contributed by atoms with Crippen LogP contribution in [-0.4, -0.2) is 16.1 Å². The van der Waals surface area contributed by atoms with E-state index in [0.717, 1.165) is 5.56 Å². The van der Waals surface area contributed by atoms with Gasteiger partial charge in [-0.1, -0.05) is 29.3 Å². The van der Waals surface area contributed by atoms with E-state index < -0.39 is 5.97 Å². The molecular formula is C13H9BrCl2N2O2. The second-order valence-electron chi connectivity index (χ2n) is 4.03. The Balaban J connectivity index is 2.51. The van der Waals surface area contributed by atoms with Gasteiger partial charge in [0.15, 0.2) is 0 Å². The van der Waals surface area contributed by atoms with E-state index in [0.29, 0.717) is 20.2 Å². The molecule has 0 aliphatic carbocycles. The molecule has 2 aromatic rings. The topological polar surface area (TPSA) is 62.2 Å². The number of nitrogens with one attached hydrogen (secondary N) is 1. The van der Waals surface area contributed by atoms with Gasteiger partial charge in [-0.25, -0.2) is 9.78 Å². The lowest BCUT2D eigenvalue weighted by molar-refractivity contribution is 0.0697. The maximum Gasteiger partial charge on any atom is 0.339 e. The van der Waals surface area contributed by atoms with Crippen LogP contribution in [0.2, 0.25) is 10.0 Å². The number of nitrogens with zero attached hydrogens (tertiary/aromatic N) is 1. The standard InChI is InChI=1S/C13H9BrCl2N2O2/c1-6-2-3-9(15)11(10(6)16)18-12-8(13(19)20)4-7(14)5-17-12/h2-5H,1H3,(H,17,18)(H,19,20). The Morgan fingerprint density at radius 1 is 1.40 bits per heavy atom. The molecule has 1 aromatic carbocycles. The minimum atomic E-state index is -1.10. The number of carboxylic acids is 1. The van der Waals surface area contributed by atoms with E-state index in [1.165, 1.54) is 12.3 Å². The van der Waals surface area contributed by atoms with Gasteiger partial charge in [0.2, 0.25) is 0 Å². The number of anilines is 2. The first kappa shape index (κ1) is 15.1. The minimum Gasteiger partial charge on any atom is -0.478 e. The van der Waals surface area contributed by atoms with Gasteiger partial charge in [-0.05, 0) is 40.5 Å². The fourth-order valence-corrected chi connectivity index (χ4v) is 2.39. The molecule has 2 rings (SSSR count). The highest BCUT2D eigenvalue weighted by atomic mass is 79.9. The van der Waals surface area contributed by atoms with E-state index in [-0.39, 0.29) is 11.4 Å². The monoisotopic (exact) mass is 374 g/mol. The van der Waals surface area contributed by atoms with Crippen molar-refractivity contribution in [1.82, 2.24) is 4.98 Å². The van der Waals surface area contributed by atoms with E-state index in [1.807, 2.05) is 6.92 Å². The molecule has 0 atom stereocenters. The predicted octanol–water partition coefficient (Wildman–Crippen LogP) is 4.90. The van der Waals surface area contributed by atoms with E-state index in [9.17, 15) is 9.90 Å². The van der Waals surface area contributed by atoms with Crippen LogP contribution in [0.4, 0.5) is 11.5 Å². The molecule has 1 heterocycles. The molecule has 0 saturated heterocycles. The van der Waals surface area contributed by atoms with Crippen molar-refractivity contribution >= 4 is 56.6 Å². The third kappa shape index (κ3) is 3.06. The Kier molecular flexibility index (Phi) is 4.52. The predicted molar refractivity (Wildman–Crippen MR) is 83.4 cm³/mol. The summed E-state index contributed by atoms with van der Waals surface area (Å²) in [5.41, 5.74) is 1.28. The number of aromatic nitrogens is 1. The Morgan fingerprint density at radius 3 is 2.75 bits per heavy atom. The molecule has 0 bridgehead atoms. The van der Waals surface area contributed by atoms with E-state index in [4.69, 9.17) is 23.2 Å². The summed E-state index contributed by atoms with van der Waals surface area (Å²) in [7, 11) is 0. The maximum absolute atomic E-state index is 11.2. The highest BCUT2D eigenvalue weighted by Crippen LogP contribution is 2.35. The molecule has 0 aliphatic heterocycles. The Hall–Kier alpha value is -1.30. The summed E-state index contributed by atoms with van der Waals surface area (Å²) in [5.74, 6) is -0.920. The van der Waals surface area contributed by atoms with Crippen LogP contribution in [0.25, 0.3) is 0 Å². The van der Waals surface area contributed by atoms with E-state index >= 15 is 0 Å². The highest BCUT2D eigenvalue weighted by molar-refractivity contribution is 9.10. The third-order valence-corrected chi connectivity index (χ3v) is 3.85. The van der Waals surface area contributed by atoms with Crippen LogP contribution in [0.3, 0.4) is 0 Å². The lowest BCUT2D eigenvalue weighted by Crippen LogP contribution is -2.05. The van der Waals surface area contributed by atoms with Crippen molar-refractivity contribution in [3.8, 4) is 0 Å². The fraction of sp³-hybridized carbons (Fsp3) is 0.0769. The molecule has 0 radical (unpaired) electrons. The average Bonchev–Trinajstić information content (AvgIpc) is 2.40. The summed E-state index contributed by atoms with van der Waals surface area (Å²) in [6, 6.07) is 4.92. The molecule has 20 heavy (non-hydrogen) atoms.